The Morgan fingerprint density at radius 2 is 1.55 bits per heavy atom. The highest BCUT2D eigenvalue weighted by atomic mass is 19.2. The average molecular weight is 298 g/mol. The van der Waals surface area contributed by atoms with Crippen LogP contribution in [0, 0.1) is 17.5 Å². The van der Waals surface area contributed by atoms with Crippen LogP contribution in [0.5, 0.6) is 0 Å². The van der Waals surface area contributed by atoms with E-state index in [4.69, 9.17) is 0 Å². The van der Waals surface area contributed by atoms with Gasteiger partial charge in [0, 0.05) is 11.1 Å². The van der Waals surface area contributed by atoms with Gasteiger partial charge >= 0.3 is 0 Å². The van der Waals surface area contributed by atoms with Crippen LogP contribution < -0.4 is 0 Å². The Labute approximate surface area is 109 Å². The molecule has 2 unspecified atom stereocenters. The lowest BCUT2D eigenvalue weighted by Crippen LogP contribution is -2.36. The molecule has 1 aromatic rings. The van der Waals surface area contributed by atoms with Crippen LogP contribution in [-0.4, -0.2) is 6.17 Å². The van der Waals surface area contributed by atoms with Gasteiger partial charge in [-0.15, -0.1) is 0 Å². The van der Waals surface area contributed by atoms with Gasteiger partial charge in [0.1, 0.15) is 5.82 Å². The fourth-order valence-electron chi connectivity index (χ4n) is 2.28. The van der Waals surface area contributed by atoms with Crippen LogP contribution >= 0.6 is 0 Å². The molecule has 0 saturated heterocycles. The number of rotatable bonds is 1. The first-order chi connectivity index (χ1) is 9.16. The van der Waals surface area contributed by atoms with Gasteiger partial charge < -0.3 is 0 Å². The fourth-order valence-corrected chi connectivity index (χ4v) is 2.28. The molecule has 0 bridgehead atoms. The van der Waals surface area contributed by atoms with Crippen LogP contribution in [0.2, 0.25) is 0 Å². The van der Waals surface area contributed by atoms with Crippen molar-refractivity contribution >= 4 is 5.83 Å². The van der Waals surface area contributed by atoms with Crippen molar-refractivity contribution in [2.24, 2.45) is 0 Å². The largest absolute Gasteiger partial charge is 0.236 e. The van der Waals surface area contributed by atoms with Crippen LogP contribution in [0.1, 0.15) is 30.5 Å². The Morgan fingerprint density at radius 3 is 2.05 bits per heavy atom. The highest BCUT2D eigenvalue weighted by Gasteiger charge is 2.51. The SMILES string of the molecule is CCc1c(F)c(F)c2c(c1F)C(C)(F)C(F)C(F)=C2F. The van der Waals surface area contributed by atoms with Crippen molar-refractivity contribution in [3.05, 3.63) is 40.0 Å². The lowest BCUT2D eigenvalue weighted by atomic mass is 9.81. The van der Waals surface area contributed by atoms with Gasteiger partial charge in [0.05, 0.1) is 5.56 Å². The van der Waals surface area contributed by atoms with Gasteiger partial charge in [-0.3, -0.25) is 0 Å². The molecule has 0 spiro atoms. The van der Waals surface area contributed by atoms with Crippen molar-refractivity contribution in [3.63, 3.8) is 0 Å². The summed E-state index contributed by atoms with van der Waals surface area (Å²) in [5, 5.41) is 0. The number of hydrogen-bond acceptors (Lipinski definition) is 0. The molecule has 1 aromatic carbocycles. The number of alkyl halides is 2. The quantitative estimate of drug-likeness (QED) is 0.515. The van der Waals surface area contributed by atoms with Crippen molar-refractivity contribution in [3.8, 4) is 0 Å². The molecule has 0 amide bonds. The summed E-state index contributed by atoms with van der Waals surface area (Å²) in [7, 11) is 0. The molecule has 2 rings (SSSR count). The topological polar surface area (TPSA) is 0 Å². The van der Waals surface area contributed by atoms with E-state index in [1.807, 2.05) is 0 Å². The summed E-state index contributed by atoms with van der Waals surface area (Å²) in [6.45, 7) is 1.70. The van der Waals surface area contributed by atoms with E-state index < -0.39 is 57.6 Å². The number of allylic oxidation sites excluding steroid dienone is 1. The van der Waals surface area contributed by atoms with Crippen LogP contribution in [-0.2, 0) is 12.1 Å². The van der Waals surface area contributed by atoms with Gasteiger partial charge in [0.25, 0.3) is 0 Å². The summed E-state index contributed by atoms with van der Waals surface area (Å²) in [6.07, 6.45) is -3.48. The zero-order chi connectivity index (χ0) is 15.4. The number of hydrogen-bond donors (Lipinski definition) is 0. The van der Waals surface area contributed by atoms with Gasteiger partial charge in [0.15, 0.2) is 35.1 Å². The Hall–Kier alpha value is -1.53. The maximum absolute atomic E-state index is 14.2. The van der Waals surface area contributed by atoms with Crippen LogP contribution in [0.3, 0.4) is 0 Å². The summed E-state index contributed by atoms with van der Waals surface area (Å²) in [5.41, 5.74) is -7.04. The van der Waals surface area contributed by atoms with Gasteiger partial charge in [-0.2, -0.15) is 0 Å². The van der Waals surface area contributed by atoms with E-state index in [-0.39, 0.29) is 6.42 Å². The molecule has 0 aliphatic heterocycles. The maximum Gasteiger partial charge on any atom is 0.192 e. The summed E-state index contributed by atoms with van der Waals surface area (Å²) >= 11 is 0. The second kappa shape index (κ2) is 4.49. The van der Waals surface area contributed by atoms with E-state index in [9.17, 15) is 30.7 Å². The molecule has 110 valence electrons. The summed E-state index contributed by atoms with van der Waals surface area (Å²) in [5.74, 6) is -9.61. The second-order valence-corrected chi connectivity index (χ2v) is 4.62. The molecular weight excluding hydrogens is 289 g/mol. The minimum absolute atomic E-state index is 0.358. The molecule has 0 radical (unpaired) electrons. The van der Waals surface area contributed by atoms with Crippen LogP contribution in [0.15, 0.2) is 5.83 Å². The molecule has 1 aliphatic rings. The average Bonchev–Trinajstić information content (AvgIpc) is 2.39. The van der Waals surface area contributed by atoms with Crippen molar-refractivity contribution in [1.29, 1.82) is 0 Å². The number of benzene rings is 1. The van der Waals surface area contributed by atoms with E-state index in [1.165, 1.54) is 6.92 Å². The smallest absolute Gasteiger partial charge is 0.192 e. The van der Waals surface area contributed by atoms with Gasteiger partial charge in [-0.1, -0.05) is 6.92 Å². The zero-order valence-electron chi connectivity index (χ0n) is 10.4. The number of fused-ring (bicyclic) bond motifs is 1. The van der Waals surface area contributed by atoms with Gasteiger partial charge in [0.2, 0.25) is 0 Å². The molecule has 7 heteroatoms. The minimum atomic E-state index is -3.34. The van der Waals surface area contributed by atoms with E-state index >= 15 is 0 Å². The van der Waals surface area contributed by atoms with E-state index in [1.54, 1.807) is 0 Å². The lowest BCUT2D eigenvalue weighted by molar-refractivity contribution is 0.0642. The first-order valence-corrected chi connectivity index (χ1v) is 5.74. The predicted molar refractivity (Wildman–Crippen MR) is 58.2 cm³/mol. The van der Waals surface area contributed by atoms with Crippen LogP contribution in [0.25, 0.3) is 5.83 Å². The molecule has 0 nitrogen and oxygen atoms in total. The Morgan fingerprint density at radius 1 is 1.00 bits per heavy atom. The molecule has 0 fully saturated rings. The Balaban J connectivity index is 2.99. The third-order valence-electron chi connectivity index (χ3n) is 3.38. The molecular formula is C13H9F7. The maximum atomic E-state index is 14.2. The molecule has 0 saturated carbocycles. The van der Waals surface area contributed by atoms with E-state index in [0.29, 0.717) is 6.92 Å². The van der Waals surface area contributed by atoms with E-state index in [0.717, 1.165) is 0 Å². The molecule has 0 N–H and O–H groups in total. The lowest BCUT2D eigenvalue weighted by Gasteiger charge is -2.31. The third-order valence-corrected chi connectivity index (χ3v) is 3.38. The Bertz CT molecular complexity index is 616. The minimum Gasteiger partial charge on any atom is -0.236 e. The summed E-state index contributed by atoms with van der Waals surface area (Å²) < 4.78 is 95.9. The molecule has 0 heterocycles. The molecule has 20 heavy (non-hydrogen) atoms. The molecule has 1 aliphatic carbocycles. The first kappa shape index (κ1) is 14.9. The molecule has 0 aromatic heterocycles. The summed E-state index contributed by atoms with van der Waals surface area (Å²) in [4.78, 5) is 0. The van der Waals surface area contributed by atoms with E-state index in [2.05, 4.69) is 0 Å². The van der Waals surface area contributed by atoms with Crippen molar-refractivity contribution < 1.29 is 30.7 Å². The number of halogens is 7. The Kier molecular flexibility index (Phi) is 3.34. The van der Waals surface area contributed by atoms with Gasteiger partial charge in [-0.05, 0) is 13.3 Å². The fraction of sp³-hybridized carbons (Fsp3) is 0.385. The normalized spacial score (nSPS) is 25.9. The monoisotopic (exact) mass is 298 g/mol. The van der Waals surface area contributed by atoms with Crippen molar-refractivity contribution in [1.82, 2.24) is 0 Å². The first-order valence-electron chi connectivity index (χ1n) is 5.74. The third kappa shape index (κ3) is 1.68. The zero-order valence-corrected chi connectivity index (χ0v) is 10.4. The highest BCUT2D eigenvalue weighted by molar-refractivity contribution is 5.71. The highest BCUT2D eigenvalue weighted by Crippen LogP contribution is 2.49. The van der Waals surface area contributed by atoms with Gasteiger partial charge in [-0.25, -0.2) is 30.7 Å². The molecule has 2 atom stereocenters. The van der Waals surface area contributed by atoms with Crippen molar-refractivity contribution in [2.75, 3.05) is 0 Å². The standard InChI is InChI=1S/C13H9F7/c1-3-4-7(14)6-5(9(16)8(4)15)10(17)11(18)12(19)13(6,2)20/h12H,3H2,1-2H3. The van der Waals surface area contributed by atoms with Crippen LogP contribution in [0.4, 0.5) is 30.7 Å². The second-order valence-electron chi connectivity index (χ2n) is 4.62. The van der Waals surface area contributed by atoms with Crippen molar-refractivity contribution in [2.45, 2.75) is 32.1 Å². The summed E-state index contributed by atoms with van der Waals surface area (Å²) in [6, 6.07) is 0. The predicted octanol–water partition coefficient (Wildman–Crippen LogP) is 4.81.